The largest absolute Gasteiger partial charge is 0.494 e. The normalized spacial score (nSPS) is 13.8. The summed E-state index contributed by atoms with van der Waals surface area (Å²) >= 11 is 7.88. The van der Waals surface area contributed by atoms with Crippen LogP contribution in [0.25, 0.3) is 0 Å². The van der Waals surface area contributed by atoms with Crippen LogP contribution in [-0.4, -0.2) is 43.6 Å². The number of halogens is 1. The van der Waals surface area contributed by atoms with Crippen LogP contribution in [0.3, 0.4) is 0 Å². The second kappa shape index (κ2) is 10.8. The van der Waals surface area contributed by atoms with Gasteiger partial charge in [-0.3, -0.25) is 4.79 Å². The first-order valence-corrected chi connectivity index (χ1v) is 12.2. The van der Waals surface area contributed by atoms with Gasteiger partial charge in [-0.1, -0.05) is 35.9 Å². The molecule has 1 saturated heterocycles. The Labute approximate surface area is 199 Å². The Bertz CT molecular complexity index is 1050. The first-order valence-electron chi connectivity index (χ1n) is 10.9. The number of piperazine rings is 1. The number of ether oxygens (including phenoxy) is 1. The van der Waals surface area contributed by atoms with Crippen molar-refractivity contribution in [1.82, 2.24) is 4.90 Å². The minimum absolute atomic E-state index is 0.0738. The van der Waals surface area contributed by atoms with Crippen LogP contribution in [-0.2, 0) is 5.75 Å². The molecule has 4 rings (SSSR count). The number of hydrogen-bond acceptors (Lipinski definition) is 4. The van der Waals surface area contributed by atoms with Gasteiger partial charge in [-0.05, 0) is 55.5 Å². The molecule has 1 aliphatic heterocycles. The maximum atomic E-state index is 13.2. The molecule has 1 amide bonds. The van der Waals surface area contributed by atoms with Crippen molar-refractivity contribution in [2.24, 2.45) is 0 Å². The highest BCUT2D eigenvalue weighted by atomic mass is 35.5. The number of anilines is 1. The molecular weight excluding hydrogens is 440 g/mol. The standard InChI is InChI=1S/C26H27ClN2O2S/c1-2-31-25-12-11-20(17-21(25)19-32-24-9-4-3-5-10-24)26(30)29-15-13-28(14-16-29)23-8-6-7-22(27)18-23/h3-12,17-18H,2,13-16,19H2,1H3. The molecule has 4 nitrogen and oxygen atoms in total. The van der Waals surface area contributed by atoms with E-state index in [1.54, 1.807) is 11.8 Å². The fourth-order valence-corrected chi connectivity index (χ4v) is 4.90. The van der Waals surface area contributed by atoms with Crippen LogP contribution in [0, 0.1) is 0 Å². The van der Waals surface area contributed by atoms with Crippen molar-refractivity contribution in [3.05, 3.63) is 88.9 Å². The van der Waals surface area contributed by atoms with E-state index in [2.05, 4.69) is 23.1 Å². The Morgan fingerprint density at radius 1 is 0.969 bits per heavy atom. The molecule has 1 fully saturated rings. The molecule has 0 aromatic heterocycles. The monoisotopic (exact) mass is 466 g/mol. The SMILES string of the molecule is CCOc1ccc(C(=O)N2CCN(c3cccc(Cl)c3)CC2)cc1CSc1ccccc1. The van der Waals surface area contributed by atoms with Crippen LogP contribution in [0.5, 0.6) is 5.75 Å². The van der Waals surface area contributed by atoms with Gasteiger partial charge in [0.15, 0.2) is 0 Å². The lowest BCUT2D eigenvalue weighted by Gasteiger charge is -2.36. The second-order valence-electron chi connectivity index (χ2n) is 7.62. The minimum atomic E-state index is 0.0738. The number of carbonyl (C=O) groups excluding carboxylic acids is 1. The summed E-state index contributed by atoms with van der Waals surface area (Å²) in [4.78, 5) is 18.6. The van der Waals surface area contributed by atoms with Gasteiger partial charge in [0.25, 0.3) is 5.91 Å². The van der Waals surface area contributed by atoms with E-state index in [9.17, 15) is 4.79 Å². The Hall–Kier alpha value is -2.63. The molecule has 0 aliphatic carbocycles. The highest BCUT2D eigenvalue weighted by molar-refractivity contribution is 7.98. The summed E-state index contributed by atoms with van der Waals surface area (Å²) in [5.74, 6) is 1.67. The van der Waals surface area contributed by atoms with Crippen molar-refractivity contribution in [1.29, 1.82) is 0 Å². The Kier molecular flexibility index (Phi) is 7.61. The Morgan fingerprint density at radius 2 is 1.75 bits per heavy atom. The van der Waals surface area contributed by atoms with Gasteiger partial charge in [0, 0.05) is 58.7 Å². The number of rotatable bonds is 7. The Morgan fingerprint density at radius 3 is 2.47 bits per heavy atom. The summed E-state index contributed by atoms with van der Waals surface area (Å²) in [5, 5.41) is 0.733. The number of hydrogen-bond donors (Lipinski definition) is 0. The molecule has 166 valence electrons. The van der Waals surface area contributed by atoms with Crippen molar-refractivity contribution in [2.75, 3.05) is 37.7 Å². The van der Waals surface area contributed by atoms with E-state index >= 15 is 0 Å². The molecular formula is C26H27ClN2O2S. The van der Waals surface area contributed by atoms with Crippen LogP contribution in [0.2, 0.25) is 5.02 Å². The maximum Gasteiger partial charge on any atom is 0.253 e. The summed E-state index contributed by atoms with van der Waals surface area (Å²) in [7, 11) is 0. The molecule has 3 aromatic carbocycles. The second-order valence-corrected chi connectivity index (χ2v) is 9.10. The smallest absolute Gasteiger partial charge is 0.253 e. The fraction of sp³-hybridized carbons (Fsp3) is 0.269. The molecule has 6 heteroatoms. The summed E-state index contributed by atoms with van der Waals surface area (Å²) in [6, 6.07) is 24.0. The molecule has 32 heavy (non-hydrogen) atoms. The van der Waals surface area contributed by atoms with E-state index in [1.807, 2.05) is 66.4 Å². The molecule has 0 N–H and O–H groups in total. The zero-order valence-corrected chi connectivity index (χ0v) is 19.7. The number of benzene rings is 3. The van der Waals surface area contributed by atoms with Gasteiger partial charge in [0.1, 0.15) is 5.75 Å². The molecule has 0 bridgehead atoms. The van der Waals surface area contributed by atoms with Crippen LogP contribution in [0.4, 0.5) is 5.69 Å². The molecule has 0 unspecified atom stereocenters. The van der Waals surface area contributed by atoms with Gasteiger partial charge in [0.2, 0.25) is 0 Å². The molecule has 0 radical (unpaired) electrons. The van der Waals surface area contributed by atoms with Gasteiger partial charge >= 0.3 is 0 Å². The molecule has 1 heterocycles. The molecule has 0 saturated carbocycles. The van der Waals surface area contributed by atoms with Crippen molar-refractivity contribution < 1.29 is 9.53 Å². The van der Waals surface area contributed by atoms with E-state index in [0.29, 0.717) is 25.3 Å². The van der Waals surface area contributed by atoms with Crippen molar-refractivity contribution >= 4 is 35.0 Å². The third-order valence-electron chi connectivity index (χ3n) is 5.49. The fourth-order valence-electron chi connectivity index (χ4n) is 3.82. The molecule has 3 aromatic rings. The summed E-state index contributed by atoms with van der Waals surface area (Å²) in [6.07, 6.45) is 0. The predicted molar refractivity (Wildman–Crippen MR) is 133 cm³/mol. The highest BCUT2D eigenvalue weighted by Crippen LogP contribution is 2.29. The predicted octanol–water partition coefficient (Wildman–Crippen LogP) is 5.99. The average molecular weight is 467 g/mol. The van der Waals surface area contributed by atoms with Crippen LogP contribution >= 0.6 is 23.4 Å². The van der Waals surface area contributed by atoms with E-state index in [1.165, 1.54) is 4.90 Å². The van der Waals surface area contributed by atoms with Crippen LogP contribution in [0.1, 0.15) is 22.8 Å². The summed E-state index contributed by atoms with van der Waals surface area (Å²) in [6.45, 7) is 5.54. The lowest BCUT2D eigenvalue weighted by Crippen LogP contribution is -2.48. The van der Waals surface area contributed by atoms with Gasteiger partial charge < -0.3 is 14.5 Å². The third-order valence-corrected chi connectivity index (χ3v) is 6.78. The number of amides is 1. The quantitative estimate of drug-likeness (QED) is 0.400. The summed E-state index contributed by atoms with van der Waals surface area (Å²) < 4.78 is 5.82. The van der Waals surface area contributed by atoms with Gasteiger partial charge in [-0.25, -0.2) is 0 Å². The lowest BCUT2D eigenvalue weighted by molar-refractivity contribution is 0.0746. The van der Waals surface area contributed by atoms with Gasteiger partial charge in [-0.15, -0.1) is 11.8 Å². The summed E-state index contributed by atoms with van der Waals surface area (Å²) in [5.41, 5.74) is 2.86. The van der Waals surface area contributed by atoms with E-state index in [-0.39, 0.29) is 5.91 Å². The van der Waals surface area contributed by atoms with E-state index in [0.717, 1.165) is 40.9 Å². The maximum absolute atomic E-state index is 13.2. The number of thioether (sulfide) groups is 1. The van der Waals surface area contributed by atoms with Gasteiger partial charge in [0.05, 0.1) is 6.61 Å². The topological polar surface area (TPSA) is 32.8 Å². The molecule has 0 atom stereocenters. The molecule has 0 spiro atoms. The first kappa shape index (κ1) is 22.6. The van der Waals surface area contributed by atoms with E-state index in [4.69, 9.17) is 16.3 Å². The highest BCUT2D eigenvalue weighted by Gasteiger charge is 2.23. The zero-order chi connectivity index (χ0) is 22.3. The first-order chi connectivity index (χ1) is 15.6. The number of nitrogens with zero attached hydrogens (tertiary/aromatic N) is 2. The minimum Gasteiger partial charge on any atom is -0.494 e. The molecule has 1 aliphatic rings. The van der Waals surface area contributed by atoms with Crippen molar-refractivity contribution in [2.45, 2.75) is 17.6 Å². The van der Waals surface area contributed by atoms with Crippen molar-refractivity contribution in [3.8, 4) is 5.75 Å². The number of carbonyl (C=O) groups is 1. The zero-order valence-electron chi connectivity index (χ0n) is 18.2. The van der Waals surface area contributed by atoms with Gasteiger partial charge in [-0.2, -0.15) is 0 Å². The van der Waals surface area contributed by atoms with Crippen LogP contribution in [0.15, 0.2) is 77.7 Å². The van der Waals surface area contributed by atoms with Crippen molar-refractivity contribution in [3.63, 3.8) is 0 Å². The lowest BCUT2D eigenvalue weighted by atomic mass is 10.1. The van der Waals surface area contributed by atoms with Crippen LogP contribution < -0.4 is 9.64 Å². The van der Waals surface area contributed by atoms with E-state index < -0.39 is 0 Å². The third kappa shape index (κ3) is 5.59. The Balaban J connectivity index is 1.44. The average Bonchev–Trinajstić information content (AvgIpc) is 2.84.